The molecule has 214 valence electrons. The van der Waals surface area contributed by atoms with Gasteiger partial charge in [0.05, 0.1) is 5.60 Å². The predicted octanol–water partition coefficient (Wildman–Crippen LogP) is 7.76. The zero-order valence-corrected chi connectivity index (χ0v) is 27.5. The first-order valence-corrected chi connectivity index (χ1v) is 16.7. The molecule has 2 aromatic rings. The number of benzene rings is 2. The molecule has 38 heavy (non-hydrogen) atoms. The van der Waals surface area contributed by atoms with E-state index in [0.29, 0.717) is 5.78 Å². The van der Waals surface area contributed by atoms with Gasteiger partial charge in [-0.05, 0) is 87.2 Å². The quantitative estimate of drug-likeness (QED) is 0.311. The SMILES string of the molecule is CCCN1CCC(=O)CC1.CCCN1CCC(O)(c2cccc(SC)c2)CC1.CSc1cccc(Br)c1.Cl. The third-order valence-electron chi connectivity index (χ3n) is 6.82. The highest BCUT2D eigenvalue weighted by atomic mass is 79.9. The first kappa shape index (κ1) is 35.5. The van der Waals surface area contributed by atoms with Crippen LogP contribution in [0.3, 0.4) is 0 Å². The van der Waals surface area contributed by atoms with E-state index in [4.69, 9.17) is 0 Å². The maximum atomic E-state index is 10.8. The van der Waals surface area contributed by atoms with Gasteiger partial charge in [-0.15, -0.1) is 35.9 Å². The predicted molar refractivity (Wildman–Crippen MR) is 172 cm³/mol. The largest absolute Gasteiger partial charge is 0.385 e. The number of carbonyl (C=O) groups excluding carboxylic acids is 1. The second-order valence-electron chi connectivity index (χ2n) is 9.65. The summed E-state index contributed by atoms with van der Waals surface area (Å²) >= 11 is 6.88. The maximum Gasteiger partial charge on any atom is 0.135 e. The second-order valence-corrected chi connectivity index (χ2v) is 12.3. The molecule has 2 aliphatic heterocycles. The molecule has 2 saturated heterocycles. The van der Waals surface area contributed by atoms with Gasteiger partial charge >= 0.3 is 0 Å². The lowest BCUT2D eigenvalue weighted by Crippen LogP contribution is -2.42. The van der Waals surface area contributed by atoms with Crippen LogP contribution in [-0.2, 0) is 10.4 Å². The van der Waals surface area contributed by atoms with Gasteiger partial charge in [0.1, 0.15) is 5.78 Å². The fourth-order valence-electron chi connectivity index (χ4n) is 4.60. The number of piperidine rings is 2. The highest BCUT2D eigenvalue weighted by Gasteiger charge is 2.33. The van der Waals surface area contributed by atoms with E-state index in [1.165, 1.54) is 22.6 Å². The Morgan fingerprint density at radius 2 is 1.34 bits per heavy atom. The Kier molecular flexibility index (Phi) is 18.2. The maximum absolute atomic E-state index is 10.8. The molecule has 0 radical (unpaired) electrons. The molecule has 0 aliphatic carbocycles. The molecule has 0 saturated carbocycles. The van der Waals surface area contributed by atoms with E-state index in [1.54, 1.807) is 23.5 Å². The van der Waals surface area contributed by atoms with E-state index in [0.717, 1.165) is 75.0 Å². The number of halogens is 2. The van der Waals surface area contributed by atoms with Crippen LogP contribution in [0.4, 0.5) is 0 Å². The molecule has 2 fully saturated rings. The average molecular weight is 646 g/mol. The summed E-state index contributed by atoms with van der Waals surface area (Å²) in [5, 5.41) is 10.8. The van der Waals surface area contributed by atoms with Gasteiger partial charge in [-0.25, -0.2) is 0 Å². The van der Waals surface area contributed by atoms with Crippen LogP contribution >= 0.6 is 51.9 Å². The summed E-state index contributed by atoms with van der Waals surface area (Å²) in [6, 6.07) is 16.6. The van der Waals surface area contributed by atoms with Crippen LogP contribution in [0.1, 0.15) is 57.9 Å². The first-order chi connectivity index (χ1) is 17.8. The number of nitrogens with zero attached hydrogens (tertiary/aromatic N) is 2. The molecule has 2 heterocycles. The van der Waals surface area contributed by atoms with E-state index >= 15 is 0 Å². The minimum absolute atomic E-state index is 0. The summed E-state index contributed by atoms with van der Waals surface area (Å²) in [7, 11) is 0. The summed E-state index contributed by atoms with van der Waals surface area (Å²) in [5.41, 5.74) is 0.473. The standard InChI is InChI=1S/C15H23NOS.C8H15NO.C7H7BrS.ClH/c1-3-9-16-10-7-15(17,8-11-16)13-5-4-6-14(12-13)18-2;1-2-5-9-6-3-8(10)4-7-9;1-9-7-4-2-3-6(8)5-7;/h4-6,12,17H,3,7-11H2,1-2H3;2-7H2,1H3;2-5H,1H3;1H. The number of likely N-dealkylation sites (tertiary alicyclic amines) is 2. The number of Topliss-reactive ketones (excluding diaryl/α,β-unsaturated/α-hetero) is 1. The normalized spacial score (nSPS) is 17.4. The monoisotopic (exact) mass is 644 g/mol. The van der Waals surface area contributed by atoms with Gasteiger partial charge in [0.15, 0.2) is 0 Å². The summed E-state index contributed by atoms with van der Waals surface area (Å²) in [4.78, 5) is 18.1. The summed E-state index contributed by atoms with van der Waals surface area (Å²) < 4.78 is 1.15. The lowest BCUT2D eigenvalue weighted by molar-refractivity contribution is -0.121. The lowest BCUT2D eigenvalue weighted by atomic mass is 9.84. The third kappa shape index (κ3) is 12.8. The van der Waals surface area contributed by atoms with Crippen LogP contribution in [0.15, 0.2) is 62.8 Å². The molecular formula is C30H46BrClN2O2S2. The van der Waals surface area contributed by atoms with Gasteiger partial charge in [-0.1, -0.05) is 48.0 Å². The van der Waals surface area contributed by atoms with Crippen LogP contribution < -0.4 is 0 Å². The van der Waals surface area contributed by atoms with Crippen molar-refractivity contribution in [3.63, 3.8) is 0 Å². The van der Waals surface area contributed by atoms with Crippen molar-refractivity contribution in [3.05, 3.63) is 58.6 Å². The molecule has 1 N–H and O–H groups in total. The topological polar surface area (TPSA) is 43.8 Å². The van der Waals surface area contributed by atoms with Crippen molar-refractivity contribution in [1.29, 1.82) is 0 Å². The van der Waals surface area contributed by atoms with Gasteiger partial charge in [0.25, 0.3) is 0 Å². The van der Waals surface area contributed by atoms with Gasteiger partial charge in [0, 0.05) is 53.3 Å². The second kappa shape index (κ2) is 19.5. The van der Waals surface area contributed by atoms with E-state index < -0.39 is 5.60 Å². The molecule has 0 unspecified atom stereocenters. The minimum Gasteiger partial charge on any atom is -0.385 e. The fourth-order valence-corrected chi connectivity index (χ4v) is 6.07. The summed E-state index contributed by atoms with van der Waals surface area (Å²) in [6.07, 6.45) is 9.80. The molecule has 4 rings (SSSR count). The van der Waals surface area contributed by atoms with Crippen molar-refractivity contribution in [2.24, 2.45) is 0 Å². The van der Waals surface area contributed by atoms with Crippen LogP contribution in [0.25, 0.3) is 0 Å². The Morgan fingerprint density at radius 3 is 1.82 bits per heavy atom. The van der Waals surface area contributed by atoms with Crippen LogP contribution in [-0.4, -0.2) is 72.5 Å². The number of rotatable bonds is 7. The van der Waals surface area contributed by atoms with Crippen molar-refractivity contribution < 1.29 is 9.90 Å². The van der Waals surface area contributed by atoms with Gasteiger partial charge in [-0.2, -0.15) is 0 Å². The molecule has 0 atom stereocenters. The molecular weight excluding hydrogens is 600 g/mol. The molecule has 4 nitrogen and oxygen atoms in total. The van der Waals surface area contributed by atoms with Gasteiger partial charge in [0.2, 0.25) is 0 Å². The van der Waals surface area contributed by atoms with Crippen molar-refractivity contribution in [1.82, 2.24) is 9.80 Å². The number of aliphatic hydroxyl groups is 1. The number of thioether (sulfide) groups is 2. The zero-order valence-electron chi connectivity index (χ0n) is 23.5. The Hall–Kier alpha value is -0.540. The minimum atomic E-state index is -0.615. The van der Waals surface area contributed by atoms with Crippen LogP contribution in [0.5, 0.6) is 0 Å². The Bertz CT molecular complexity index is 932. The molecule has 0 bridgehead atoms. The molecule has 0 aromatic heterocycles. The smallest absolute Gasteiger partial charge is 0.135 e. The number of hydrogen-bond donors (Lipinski definition) is 1. The molecule has 0 amide bonds. The Labute approximate surface area is 254 Å². The molecule has 8 heteroatoms. The average Bonchev–Trinajstić information content (AvgIpc) is 2.92. The Balaban J connectivity index is 0.000000307. The van der Waals surface area contributed by atoms with E-state index in [1.807, 2.05) is 12.1 Å². The van der Waals surface area contributed by atoms with E-state index in [9.17, 15) is 9.90 Å². The molecule has 2 aromatic carbocycles. The van der Waals surface area contributed by atoms with Crippen molar-refractivity contribution >= 4 is 57.6 Å². The van der Waals surface area contributed by atoms with Crippen molar-refractivity contribution in [2.75, 3.05) is 51.8 Å². The lowest BCUT2D eigenvalue weighted by Gasteiger charge is -2.38. The Morgan fingerprint density at radius 1 is 0.842 bits per heavy atom. The van der Waals surface area contributed by atoms with Crippen molar-refractivity contribution in [3.8, 4) is 0 Å². The van der Waals surface area contributed by atoms with Crippen LogP contribution in [0, 0.1) is 0 Å². The number of hydrogen-bond acceptors (Lipinski definition) is 6. The number of ketones is 1. The van der Waals surface area contributed by atoms with Crippen LogP contribution in [0.2, 0.25) is 0 Å². The molecule has 2 aliphatic rings. The summed E-state index contributed by atoms with van der Waals surface area (Å²) in [6.45, 7) is 10.7. The van der Waals surface area contributed by atoms with E-state index in [2.05, 4.69) is 88.5 Å². The third-order valence-corrected chi connectivity index (χ3v) is 8.76. The first-order valence-electron chi connectivity index (χ1n) is 13.5. The van der Waals surface area contributed by atoms with Gasteiger partial charge in [-0.3, -0.25) is 4.79 Å². The fraction of sp³-hybridized carbons (Fsp3) is 0.567. The zero-order chi connectivity index (χ0) is 27.1. The van der Waals surface area contributed by atoms with Crippen molar-refractivity contribution in [2.45, 2.75) is 67.8 Å². The number of carbonyl (C=O) groups is 1. The van der Waals surface area contributed by atoms with Gasteiger partial charge < -0.3 is 14.9 Å². The summed E-state index contributed by atoms with van der Waals surface area (Å²) in [5.74, 6) is 0.437. The highest BCUT2D eigenvalue weighted by Crippen LogP contribution is 2.34. The van der Waals surface area contributed by atoms with E-state index in [-0.39, 0.29) is 12.4 Å². The highest BCUT2D eigenvalue weighted by molar-refractivity contribution is 9.10. The molecule has 0 spiro atoms.